The van der Waals surface area contributed by atoms with Crippen molar-refractivity contribution in [2.75, 3.05) is 0 Å². The van der Waals surface area contributed by atoms with Gasteiger partial charge in [0.25, 0.3) is 5.89 Å². The van der Waals surface area contributed by atoms with Crippen molar-refractivity contribution in [3.63, 3.8) is 0 Å². The summed E-state index contributed by atoms with van der Waals surface area (Å²) in [4.78, 5) is 16.0. The van der Waals surface area contributed by atoms with E-state index in [4.69, 9.17) is 9.26 Å². The molecule has 0 aliphatic heterocycles. The average Bonchev–Trinajstić information content (AvgIpc) is 2.98. The highest BCUT2D eigenvalue weighted by molar-refractivity contribution is 5.88. The van der Waals surface area contributed by atoms with Gasteiger partial charge in [0.2, 0.25) is 0 Å². The highest BCUT2D eigenvalue weighted by atomic mass is 16.6. The van der Waals surface area contributed by atoms with Crippen molar-refractivity contribution in [1.82, 2.24) is 19.9 Å². The van der Waals surface area contributed by atoms with Crippen LogP contribution in [0.3, 0.4) is 0 Å². The van der Waals surface area contributed by atoms with Crippen LogP contribution in [-0.4, -0.2) is 25.9 Å². The minimum Gasteiger partial charge on any atom is -0.449 e. The Labute approximate surface area is 110 Å². The Balaban J connectivity index is 1.99. The van der Waals surface area contributed by atoms with Gasteiger partial charge >= 0.3 is 5.97 Å². The quantitative estimate of drug-likeness (QED) is 0.764. The number of aryl methyl sites for hydroxylation is 2. The number of esters is 1. The lowest BCUT2D eigenvalue weighted by molar-refractivity contribution is 0.0265. The first-order valence-corrected chi connectivity index (χ1v) is 6.12. The van der Waals surface area contributed by atoms with E-state index in [1.165, 1.54) is 10.9 Å². The lowest BCUT2D eigenvalue weighted by Gasteiger charge is -2.07. The second kappa shape index (κ2) is 5.64. The fourth-order valence-electron chi connectivity index (χ4n) is 1.56. The van der Waals surface area contributed by atoms with Crippen molar-refractivity contribution in [3.05, 3.63) is 29.7 Å². The Morgan fingerprint density at radius 1 is 1.58 bits per heavy atom. The van der Waals surface area contributed by atoms with E-state index in [0.29, 0.717) is 17.3 Å². The number of carbonyl (C=O) groups excluding carboxylic acids is 1. The van der Waals surface area contributed by atoms with Gasteiger partial charge in [-0.25, -0.2) is 4.79 Å². The first-order valence-electron chi connectivity index (χ1n) is 6.12. The van der Waals surface area contributed by atoms with Crippen LogP contribution in [0.2, 0.25) is 0 Å². The third-order valence-electron chi connectivity index (χ3n) is 2.53. The van der Waals surface area contributed by atoms with Gasteiger partial charge in [0.05, 0.1) is 11.8 Å². The molecule has 0 aromatic carbocycles. The third kappa shape index (κ3) is 3.18. The van der Waals surface area contributed by atoms with E-state index in [2.05, 4.69) is 15.2 Å². The van der Waals surface area contributed by atoms with Gasteiger partial charge in [0.1, 0.15) is 0 Å². The van der Waals surface area contributed by atoms with Crippen LogP contribution >= 0.6 is 0 Å². The minimum atomic E-state index is -0.578. The van der Waals surface area contributed by atoms with Gasteiger partial charge in [-0.1, -0.05) is 12.1 Å². The summed E-state index contributed by atoms with van der Waals surface area (Å²) in [5.74, 6) is 0.471. The highest BCUT2D eigenvalue weighted by Crippen LogP contribution is 2.17. The van der Waals surface area contributed by atoms with Crippen molar-refractivity contribution in [1.29, 1.82) is 0 Å². The van der Waals surface area contributed by atoms with E-state index < -0.39 is 12.1 Å². The Bertz CT molecular complexity index is 561. The zero-order valence-corrected chi connectivity index (χ0v) is 11.2. The van der Waals surface area contributed by atoms with Crippen LogP contribution in [0.4, 0.5) is 0 Å². The van der Waals surface area contributed by atoms with Gasteiger partial charge in [0.15, 0.2) is 11.9 Å². The number of nitrogens with zero attached hydrogens (tertiary/aromatic N) is 4. The molecular formula is C12H16N4O3. The molecule has 0 saturated heterocycles. The summed E-state index contributed by atoms with van der Waals surface area (Å²) < 4.78 is 11.8. The van der Waals surface area contributed by atoms with Gasteiger partial charge in [-0.2, -0.15) is 10.1 Å². The van der Waals surface area contributed by atoms with E-state index >= 15 is 0 Å². The van der Waals surface area contributed by atoms with E-state index in [0.717, 1.165) is 12.8 Å². The van der Waals surface area contributed by atoms with Crippen LogP contribution in [-0.2, 0) is 18.2 Å². The predicted molar refractivity (Wildman–Crippen MR) is 65.3 cm³/mol. The van der Waals surface area contributed by atoms with Gasteiger partial charge in [0, 0.05) is 19.7 Å². The summed E-state index contributed by atoms with van der Waals surface area (Å²) in [5, 5.41) is 7.73. The maximum absolute atomic E-state index is 11.8. The van der Waals surface area contributed by atoms with Crippen LogP contribution in [0, 0.1) is 0 Å². The number of rotatable bonds is 5. The maximum atomic E-state index is 11.8. The van der Waals surface area contributed by atoms with Crippen molar-refractivity contribution in [2.45, 2.75) is 32.8 Å². The van der Waals surface area contributed by atoms with Gasteiger partial charge < -0.3 is 9.26 Å². The Kier molecular flexibility index (Phi) is 3.94. The van der Waals surface area contributed by atoms with E-state index in [9.17, 15) is 4.79 Å². The summed E-state index contributed by atoms with van der Waals surface area (Å²) in [6.07, 6.45) is 4.14. The molecule has 0 aliphatic carbocycles. The van der Waals surface area contributed by atoms with Gasteiger partial charge in [-0.3, -0.25) is 4.68 Å². The Morgan fingerprint density at radius 3 is 3.00 bits per heavy atom. The SMILES string of the molecule is CCCc1noc(C(C)OC(=O)c2cnn(C)c2)n1. The van der Waals surface area contributed by atoms with E-state index in [1.807, 2.05) is 6.92 Å². The lowest BCUT2D eigenvalue weighted by Crippen LogP contribution is -2.09. The summed E-state index contributed by atoms with van der Waals surface area (Å²) in [5.41, 5.74) is 0.391. The number of hydrogen-bond acceptors (Lipinski definition) is 6. The molecular weight excluding hydrogens is 248 g/mol. The Morgan fingerprint density at radius 2 is 2.37 bits per heavy atom. The second-order valence-corrected chi connectivity index (χ2v) is 4.25. The largest absolute Gasteiger partial charge is 0.449 e. The molecule has 0 N–H and O–H groups in total. The van der Waals surface area contributed by atoms with Crippen LogP contribution < -0.4 is 0 Å². The van der Waals surface area contributed by atoms with Crippen LogP contribution in [0.1, 0.15) is 48.4 Å². The molecule has 2 aromatic rings. The Hall–Kier alpha value is -2.18. The molecule has 102 valence electrons. The molecule has 2 rings (SSSR count). The summed E-state index contributed by atoms with van der Waals surface area (Å²) in [7, 11) is 1.73. The van der Waals surface area contributed by atoms with Crippen molar-refractivity contribution in [2.24, 2.45) is 7.05 Å². The normalized spacial score (nSPS) is 12.4. The first kappa shape index (κ1) is 13.3. The fourth-order valence-corrected chi connectivity index (χ4v) is 1.56. The lowest BCUT2D eigenvalue weighted by atomic mass is 10.3. The van der Waals surface area contributed by atoms with Crippen LogP contribution in [0.25, 0.3) is 0 Å². The molecule has 19 heavy (non-hydrogen) atoms. The topological polar surface area (TPSA) is 83.0 Å². The summed E-state index contributed by atoms with van der Waals surface area (Å²) >= 11 is 0. The molecule has 0 spiro atoms. The molecule has 1 unspecified atom stereocenters. The maximum Gasteiger partial charge on any atom is 0.342 e. The molecule has 2 heterocycles. The molecule has 0 bridgehead atoms. The standard InChI is InChI=1S/C12H16N4O3/c1-4-5-10-14-11(19-15-10)8(2)18-12(17)9-6-13-16(3)7-9/h6-8H,4-5H2,1-3H3. The third-order valence-corrected chi connectivity index (χ3v) is 2.53. The van der Waals surface area contributed by atoms with Crippen molar-refractivity contribution in [3.8, 4) is 0 Å². The van der Waals surface area contributed by atoms with Crippen LogP contribution in [0.15, 0.2) is 16.9 Å². The molecule has 1 atom stereocenters. The number of ether oxygens (including phenoxy) is 1. The molecule has 7 heteroatoms. The predicted octanol–water partition coefficient (Wildman–Crippen LogP) is 1.67. The zero-order valence-electron chi connectivity index (χ0n) is 11.2. The number of aromatic nitrogens is 4. The van der Waals surface area contributed by atoms with Gasteiger partial charge in [-0.05, 0) is 13.3 Å². The monoisotopic (exact) mass is 264 g/mol. The molecule has 0 radical (unpaired) electrons. The smallest absolute Gasteiger partial charge is 0.342 e. The molecule has 0 amide bonds. The second-order valence-electron chi connectivity index (χ2n) is 4.25. The van der Waals surface area contributed by atoms with E-state index in [-0.39, 0.29) is 0 Å². The summed E-state index contributed by atoms with van der Waals surface area (Å²) in [6, 6.07) is 0. The van der Waals surface area contributed by atoms with E-state index in [1.54, 1.807) is 20.2 Å². The highest BCUT2D eigenvalue weighted by Gasteiger charge is 2.20. The van der Waals surface area contributed by atoms with Crippen molar-refractivity contribution >= 4 is 5.97 Å². The first-order chi connectivity index (χ1) is 9.10. The number of hydrogen-bond donors (Lipinski definition) is 0. The van der Waals surface area contributed by atoms with Gasteiger partial charge in [-0.15, -0.1) is 0 Å². The molecule has 2 aromatic heterocycles. The molecule has 0 aliphatic rings. The average molecular weight is 264 g/mol. The number of carbonyl (C=O) groups is 1. The fraction of sp³-hybridized carbons (Fsp3) is 0.500. The zero-order chi connectivity index (χ0) is 13.8. The van der Waals surface area contributed by atoms with Crippen LogP contribution in [0.5, 0.6) is 0 Å². The molecule has 0 fully saturated rings. The molecule has 7 nitrogen and oxygen atoms in total. The summed E-state index contributed by atoms with van der Waals surface area (Å²) in [6.45, 7) is 3.72. The van der Waals surface area contributed by atoms with Crippen molar-refractivity contribution < 1.29 is 14.1 Å². The molecule has 0 saturated carbocycles. The minimum absolute atomic E-state index is 0.306.